The lowest BCUT2D eigenvalue weighted by atomic mass is 10.3. The minimum Gasteiger partial charge on any atom is -0.251 e. The number of benzene rings is 1. The molecule has 0 aliphatic rings. The number of nitrogens with zero attached hydrogens (tertiary/aromatic N) is 4. The van der Waals surface area contributed by atoms with Crippen LogP contribution in [0.25, 0.3) is 5.69 Å². The van der Waals surface area contributed by atoms with Gasteiger partial charge >= 0.3 is 12.0 Å². The van der Waals surface area contributed by atoms with Crippen LogP contribution in [0.4, 0.5) is 19.1 Å². The van der Waals surface area contributed by atoms with Crippen LogP contribution in [0.2, 0.25) is 5.02 Å². The Balaban J connectivity index is 2.41. The molecule has 0 radical (unpaired) electrons. The van der Waals surface area contributed by atoms with E-state index in [1.54, 1.807) is 0 Å². The molecule has 2 aromatic rings. The highest BCUT2D eigenvalue weighted by Crippen LogP contribution is 2.20. The highest BCUT2D eigenvalue weighted by atomic mass is 35.5. The molecule has 1 aromatic carbocycles. The number of hydrazine groups is 1. The summed E-state index contributed by atoms with van der Waals surface area (Å²) >= 11 is 5.69. The van der Waals surface area contributed by atoms with Gasteiger partial charge in [0.05, 0.1) is 5.69 Å². The standard InChI is InChI=1S/C10H7ClF3N5O/c11-6-1-3-7(4-2-6)18-5-16-8(17-9(18)20)19(15)10(12,13)14/h1-5H,15H2. The van der Waals surface area contributed by atoms with E-state index in [-0.39, 0.29) is 0 Å². The van der Waals surface area contributed by atoms with E-state index < -0.39 is 22.9 Å². The van der Waals surface area contributed by atoms with E-state index in [1.807, 2.05) is 0 Å². The molecule has 1 heterocycles. The summed E-state index contributed by atoms with van der Waals surface area (Å²) in [6, 6.07) is 6.03. The van der Waals surface area contributed by atoms with Crippen LogP contribution in [-0.2, 0) is 0 Å². The van der Waals surface area contributed by atoms with E-state index >= 15 is 0 Å². The molecule has 0 aliphatic carbocycles. The Morgan fingerprint density at radius 2 is 1.85 bits per heavy atom. The van der Waals surface area contributed by atoms with Crippen molar-refractivity contribution >= 4 is 17.5 Å². The van der Waals surface area contributed by atoms with Crippen LogP contribution >= 0.6 is 11.6 Å². The number of hydrogen-bond donors (Lipinski definition) is 1. The topological polar surface area (TPSA) is 77.0 Å². The van der Waals surface area contributed by atoms with Gasteiger partial charge in [-0.25, -0.2) is 15.6 Å². The summed E-state index contributed by atoms with van der Waals surface area (Å²) in [6.45, 7) is 0. The second-order valence-corrected chi connectivity index (χ2v) is 4.06. The molecule has 10 heteroatoms. The first-order valence-electron chi connectivity index (χ1n) is 5.12. The van der Waals surface area contributed by atoms with Crippen molar-refractivity contribution in [3.05, 3.63) is 46.1 Å². The third kappa shape index (κ3) is 2.89. The van der Waals surface area contributed by atoms with Crippen LogP contribution in [0.5, 0.6) is 0 Å². The Bertz CT molecular complexity index is 670. The predicted molar refractivity (Wildman–Crippen MR) is 65.4 cm³/mol. The van der Waals surface area contributed by atoms with Crippen LogP contribution in [0, 0.1) is 0 Å². The van der Waals surface area contributed by atoms with Gasteiger partial charge in [-0.1, -0.05) is 11.6 Å². The highest BCUT2D eigenvalue weighted by molar-refractivity contribution is 6.30. The average molecular weight is 306 g/mol. The number of halogens is 4. The van der Waals surface area contributed by atoms with Gasteiger partial charge in [-0.05, 0) is 24.3 Å². The first-order valence-corrected chi connectivity index (χ1v) is 5.50. The Morgan fingerprint density at radius 3 is 2.35 bits per heavy atom. The third-order valence-electron chi connectivity index (χ3n) is 2.28. The van der Waals surface area contributed by atoms with E-state index in [0.717, 1.165) is 10.9 Å². The molecule has 106 valence electrons. The van der Waals surface area contributed by atoms with E-state index in [0.29, 0.717) is 10.7 Å². The molecular weight excluding hydrogens is 299 g/mol. The molecule has 0 saturated carbocycles. The molecular formula is C10H7ClF3N5O. The smallest absolute Gasteiger partial charge is 0.251 e. The Kier molecular flexibility index (Phi) is 3.64. The van der Waals surface area contributed by atoms with Crippen LogP contribution in [0.1, 0.15) is 0 Å². The van der Waals surface area contributed by atoms with Crippen molar-refractivity contribution in [1.82, 2.24) is 14.5 Å². The first kappa shape index (κ1) is 14.3. The summed E-state index contributed by atoms with van der Waals surface area (Å²) in [6.07, 6.45) is -3.97. The van der Waals surface area contributed by atoms with Crippen molar-refractivity contribution in [2.45, 2.75) is 6.30 Å². The molecule has 2 rings (SSSR count). The fourth-order valence-electron chi connectivity index (χ4n) is 1.34. The van der Waals surface area contributed by atoms with Crippen molar-refractivity contribution in [2.75, 3.05) is 5.01 Å². The maximum atomic E-state index is 12.3. The lowest BCUT2D eigenvalue weighted by Gasteiger charge is -2.18. The van der Waals surface area contributed by atoms with Crippen molar-refractivity contribution in [3.63, 3.8) is 0 Å². The fraction of sp³-hybridized carbons (Fsp3) is 0.100. The highest BCUT2D eigenvalue weighted by Gasteiger charge is 2.37. The van der Waals surface area contributed by atoms with Crippen molar-refractivity contribution in [3.8, 4) is 5.69 Å². The fourth-order valence-corrected chi connectivity index (χ4v) is 1.46. The molecule has 0 spiro atoms. The van der Waals surface area contributed by atoms with Crippen molar-refractivity contribution in [2.24, 2.45) is 5.84 Å². The second-order valence-electron chi connectivity index (χ2n) is 3.62. The Hall–Kier alpha value is -2.13. The van der Waals surface area contributed by atoms with E-state index in [4.69, 9.17) is 17.4 Å². The zero-order valence-corrected chi connectivity index (χ0v) is 10.4. The van der Waals surface area contributed by atoms with Gasteiger partial charge < -0.3 is 0 Å². The molecule has 1 aromatic heterocycles. The summed E-state index contributed by atoms with van der Waals surface area (Å²) < 4.78 is 38.0. The van der Waals surface area contributed by atoms with Gasteiger partial charge in [-0.15, -0.1) is 13.2 Å². The maximum absolute atomic E-state index is 12.3. The van der Waals surface area contributed by atoms with E-state index in [9.17, 15) is 18.0 Å². The molecule has 2 N–H and O–H groups in total. The van der Waals surface area contributed by atoms with Gasteiger partial charge in [0.2, 0.25) is 0 Å². The average Bonchev–Trinajstić information content (AvgIpc) is 2.38. The van der Waals surface area contributed by atoms with Gasteiger partial charge in [0, 0.05) is 5.02 Å². The number of aromatic nitrogens is 3. The monoisotopic (exact) mass is 305 g/mol. The summed E-state index contributed by atoms with van der Waals surface area (Å²) in [4.78, 5) is 18.3. The molecule has 0 amide bonds. The lowest BCUT2D eigenvalue weighted by molar-refractivity contribution is -0.130. The molecule has 0 unspecified atom stereocenters. The molecule has 20 heavy (non-hydrogen) atoms. The quantitative estimate of drug-likeness (QED) is 0.516. The zero-order valence-electron chi connectivity index (χ0n) is 9.67. The predicted octanol–water partition coefficient (Wildman–Crippen LogP) is 1.48. The number of hydrogen-bond acceptors (Lipinski definition) is 5. The van der Waals surface area contributed by atoms with Crippen molar-refractivity contribution < 1.29 is 13.2 Å². The van der Waals surface area contributed by atoms with Gasteiger partial charge in [0.25, 0.3) is 5.95 Å². The van der Waals surface area contributed by atoms with Gasteiger partial charge in [-0.3, -0.25) is 4.57 Å². The van der Waals surface area contributed by atoms with Gasteiger partial charge in [0.15, 0.2) is 0 Å². The first-order chi connectivity index (χ1) is 9.29. The van der Waals surface area contributed by atoms with Crippen LogP contribution < -0.4 is 16.5 Å². The number of anilines is 1. The zero-order chi connectivity index (χ0) is 14.9. The molecule has 0 atom stereocenters. The number of rotatable bonds is 2. The van der Waals surface area contributed by atoms with Crippen molar-refractivity contribution in [1.29, 1.82) is 0 Å². The van der Waals surface area contributed by atoms with E-state index in [2.05, 4.69) is 9.97 Å². The molecule has 0 aliphatic heterocycles. The minimum atomic E-state index is -4.88. The Morgan fingerprint density at radius 1 is 1.25 bits per heavy atom. The normalized spacial score (nSPS) is 11.4. The molecule has 6 nitrogen and oxygen atoms in total. The van der Waals surface area contributed by atoms with Crippen LogP contribution in [0.3, 0.4) is 0 Å². The van der Waals surface area contributed by atoms with Crippen LogP contribution in [0.15, 0.2) is 35.4 Å². The van der Waals surface area contributed by atoms with Crippen LogP contribution in [-0.4, -0.2) is 20.8 Å². The second kappa shape index (κ2) is 5.10. The van der Waals surface area contributed by atoms with Gasteiger partial charge in [-0.2, -0.15) is 9.99 Å². The maximum Gasteiger partial charge on any atom is 0.501 e. The van der Waals surface area contributed by atoms with Gasteiger partial charge in [0.1, 0.15) is 6.33 Å². The lowest BCUT2D eigenvalue weighted by Crippen LogP contribution is -2.46. The summed E-state index contributed by atoms with van der Waals surface area (Å²) in [5, 5.41) is -0.190. The summed E-state index contributed by atoms with van der Waals surface area (Å²) in [5.74, 6) is 3.83. The summed E-state index contributed by atoms with van der Waals surface area (Å²) in [7, 11) is 0. The number of alkyl halides is 3. The minimum absolute atomic E-state index is 0.363. The SMILES string of the molecule is NN(c1ncn(-c2ccc(Cl)cc2)c(=O)n1)C(F)(F)F. The molecule has 0 saturated heterocycles. The summed E-state index contributed by atoms with van der Waals surface area (Å²) in [5.41, 5.74) is -0.585. The molecule has 0 bridgehead atoms. The third-order valence-corrected chi connectivity index (χ3v) is 2.54. The van der Waals surface area contributed by atoms with E-state index in [1.165, 1.54) is 24.3 Å². The Labute approximate surface area is 115 Å². The molecule has 0 fully saturated rings. The largest absolute Gasteiger partial charge is 0.501 e. The number of nitrogens with two attached hydrogens (primary N) is 1.